The highest BCUT2D eigenvalue weighted by molar-refractivity contribution is 6.78. The molecule has 0 spiro atoms. The molecule has 0 saturated heterocycles. The summed E-state index contributed by atoms with van der Waals surface area (Å²) in [4.78, 5) is 28.1. The van der Waals surface area contributed by atoms with Crippen molar-refractivity contribution in [2.24, 2.45) is 0 Å². The highest BCUT2D eigenvalue weighted by Crippen LogP contribution is 2.14. The number of ketones is 1. The molecule has 1 atom stereocenters. The molecule has 2 rings (SSSR count). The lowest BCUT2D eigenvalue weighted by Crippen LogP contribution is -2.33. The van der Waals surface area contributed by atoms with E-state index in [0.717, 1.165) is 5.57 Å². The van der Waals surface area contributed by atoms with Gasteiger partial charge in [-0.3, -0.25) is 9.59 Å². The van der Waals surface area contributed by atoms with Gasteiger partial charge >= 0.3 is 6.71 Å². The molecular weight excluding hydrogens is 395 g/mol. The Hall–Kier alpha value is -3.29. The first-order valence-electron chi connectivity index (χ1n) is 9.97. The summed E-state index contributed by atoms with van der Waals surface area (Å²) in [6, 6.07) is 1.87. The molecule has 162 valence electrons. The molecule has 31 heavy (non-hydrogen) atoms. The van der Waals surface area contributed by atoms with Crippen molar-refractivity contribution in [3.05, 3.63) is 41.2 Å². The number of Topliss-reactive ketones (excluding diaryl/α,β-unsaturated/α-hetero) is 1. The van der Waals surface area contributed by atoms with E-state index < -0.39 is 6.71 Å². The smallest absolute Gasteiger partial charge is 0.319 e. The molecule has 2 aromatic heterocycles. The number of rotatable bonds is 11. The second-order valence-corrected chi connectivity index (χ2v) is 7.18. The molecule has 0 saturated carbocycles. The van der Waals surface area contributed by atoms with E-state index in [-0.39, 0.29) is 11.8 Å². The Morgan fingerprint density at radius 3 is 2.81 bits per heavy atom. The number of likely N-dealkylation sites (N-methyl/N-ethyl adjacent to an activating group) is 1. The van der Waals surface area contributed by atoms with Crippen LogP contribution in [0.25, 0.3) is 5.65 Å². The van der Waals surface area contributed by atoms with E-state index in [0.29, 0.717) is 47.8 Å². The van der Waals surface area contributed by atoms with Crippen molar-refractivity contribution >= 4 is 35.8 Å². The summed E-state index contributed by atoms with van der Waals surface area (Å²) in [5, 5.41) is 19.7. The molecule has 1 unspecified atom stereocenters. The Bertz CT molecular complexity index is 1050. The molecule has 2 aromatic rings. The lowest BCUT2D eigenvalue weighted by Gasteiger charge is -2.13. The van der Waals surface area contributed by atoms with Crippen LogP contribution >= 0.6 is 0 Å². The van der Waals surface area contributed by atoms with E-state index >= 15 is 0 Å². The van der Waals surface area contributed by atoms with Gasteiger partial charge in [0, 0.05) is 24.5 Å². The van der Waals surface area contributed by atoms with Crippen LogP contribution in [0.15, 0.2) is 35.7 Å². The van der Waals surface area contributed by atoms with E-state index in [1.54, 1.807) is 19.0 Å². The van der Waals surface area contributed by atoms with Crippen LogP contribution in [-0.4, -0.2) is 59.7 Å². The lowest BCUT2D eigenvalue weighted by molar-refractivity contribution is -0.113. The van der Waals surface area contributed by atoms with Gasteiger partial charge in [0.1, 0.15) is 5.82 Å². The van der Waals surface area contributed by atoms with E-state index in [2.05, 4.69) is 26.7 Å². The first-order chi connectivity index (χ1) is 14.8. The average molecular weight is 422 g/mol. The van der Waals surface area contributed by atoms with E-state index in [1.807, 2.05) is 27.0 Å². The number of ether oxygens (including phenoxy) is 1. The maximum Gasteiger partial charge on any atom is 0.319 e. The Morgan fingerprint density at radius 1 is 1.48 bits per heavy atom. The number of fused-ring (bicyclic) bond motifs is 1. The molecule has 0 amide bonds. The van der Waals surface area contributed by atoms with Crippen molar-refractivity contribution in [3.63, 3.8) is 0 Å². The summed E-state index contributed by atoms with van der Waals surface area (Å²) in [6.07, 6.45) is 5.64. The summed E-state index contributed by atoms with van der Waals surface area (Å²) in [5.41, 5.74) is 2.31. The largest absolute Gasteiger partial charge is 0.375 e. The molecular formula is C21H27BN6O3. The van der Waals surface area contributed by atoms with Crippen molar-refractivity contribution in [2.75, 3.05) is 25.6 Å². The van der Waals surface area contributed by atoms with Gasteiger partial charge in [-0.15, -0.1) is 0 Å². The molecule has 10 heteroatoms. The number of aromatic nitrogens is 3. The minimum atomic E-state index is -0.496. The predicted octanol–water partition coefficient (Wildman–Crippen LogP) is 1.39. The van der Waals surface area contributed by atoms with Gasteiger partial charge < -0.3 is 15.4 Å². The minimum Gasteiger partial charge on any atom is -0.375 e. The van der Waals surface area contributed by atoms with Gasteiger partial charge in [0.25, 0.3) is 0 Å². The summed E-state index contributed by atoms with van der Waals surface area (Å²) in [6.45, 7) is 7.44. The number of nitrogens with zero attached hydrogens (tertiary/aromatic N) is 4. The summed E-state index contributed by atoms with van der Waals surface area (Å²) >= 11 is 0. The van der Waals surface area contributed by atoms with Crippen molar-refractivity contribution in [3.8, 4) is 5.97 Å². The van der Waals surface area contributed by atoms with E-state index in [4.69, 9.17) is 4.74 Å². The Kier molecular flexibility index (Phi) is 8.67. The zero-order valence-electron chi connectivity index (χ0n) is 18.5. The average Bonchev–Trinajstić information content (AvgIpc) is 3.19. The third-order valence-corrected chi connectivity index (χ3v) is 4.76. The SMILES string of the molecule is C/C=C(\C=C(\Nc1cc(B(C)C#N)n2ncc(C=O)c2n1)C(C)=O)COCC(C)NC. The quantitative estimate of drug-likeness (QED) is 0.241. The molecule has 2 N–H and O–H groups in total. The zero-order chi connectivity index (χ0) is 23.0. The maximum atomic E-state index is 12.3. The lowest BCUT2D eigenvalue weighted by atomic mass is 9.51. The van der Waals surface area contributed by atoms with Crippen molar-refractivity contribution in [1.29, 1.82) is 5.26 Å². The number of aldehydes is 1. The highest BCUT2D eigenvalue weighted by atomic mass is 16.5. The van der Waals surface area contributed by atoms with Crippen LogP contribution in [-0.2, 0) is 9.53 Å². The molecule has 0 radical (unpaired) electrons. The van der Waals surface area contributed by atoms with Gasteiger partial charge in [0.05, 0.1) is 30.7 Å². The number of allylic oxidation sites excluding steroid dienone is 2. The van der Waals surface area contributed by atoms with Crippen LogP contribution in [0.2, 0.25) is 6.82 Å². The van der Waals surface area contributed by atoms with E-state index in [9.17, 15) is 14.9 Å². The van der Waals surface area contributed by atoms with Crippen LogP contribution in [0.5, 0.6) is 0 Å². The van der Waals surface area contributed by atoms with Crippen molar-refractivity contribution < 1.29 is 14.3 Å². The Labute approximate surface area is 182 Å². The van der Waals surface area contributed by atoms with E-state index in [1.165, 1.54) is 17.6 Å². The first kappa shape index (κ1) is 24.0. The van der Waals surface area contributed by atoms with Crippen molar-refractivity contribution in [1.82, 2.24) is 19.9 Å². The van der Waals surface area contributed by atoms with Crippen LogP contribution in [0.3, 0.4) is 0 Å². The number of carbonyl (C=O) groups excluding carboxylic acids is 2. The number of anilines is 1. The Morgan fingerprint density at radius 2 is 2.23 bits per heavy atom. The minimum absolute atomic E-state index is 0.191. The normalized spacial score (nSPS) is 13.0. The van der Waals surface area contributed by atoms with Crippen LogP contribution in [0.1, 0.15) is 31.1 Å². The molecule has 0 aromatic carbocycles. The fourth-order valence-corrected chi connectivity index (χ4v) is 2.72. The maximum absolute atomic E-state index is 12.3. The van der Waals surface area contributed by atoms with Gasteiger partial charge in [-0.05, 0) is 38.6 Å². The predicted molar refractivity (Wildman–Crippen MR) is 121 cm³/mol. The zero-order valence-corrected chi connectivity index (χ0v) is 18.5. The number of carbonyl (C=O) groups is 2. The van der Waals surface area contributed by atoms with Crippen LogP contribution in [0, 0.1) is 11.2 Å². The van der Waals surface area contributed by atoms with Crippen molar-refractivity contribution in [2.45, 2.75) is 33.6 Å². The second kappa shape index (κ2) is 11.2. The van der Waals surface area contributed by atoms with Gasteiger partial charge in [0.2, 0.25) is 0 Å². The molecule has 0 aliphatic heterocycles. The van der Waals surface area contributed by atoms with Gasteiger partial charge in [0.15, 0.2) is 17.7 Å². The third kappa shape index (κ3) is 6.10. The van der Waals surface area contributed by atoms with Gasteiger partial charge in [-0.2, -0.15) is 5.10 Å². The second-order valence-electron chi connectivity index (χ2n) is 7.18. The van der Waals surface area contributed by atoms with Gasteiger partial charge in [-0.25, -0.2) is 14.8 Å². The highest BCUT2D eigenvalue weighted by Gasteiger charge is 2.19. The number of hydrogen-bond acceptors (Lipinski definition) is 8. The molecule has 0 fully saturated rings. The molecule has 2 heterocycles. The fourth-order valence-electron chi connectivity index (χ4n) is 2.72. The Balaban J connectivity index is 2.37. The third-order valence-electron chi connectivity index (χ3n) is 4.76. The summed E-state index contributed by atoms with van der Waals surface area (Å²) in [7, 11) is 1.87. The summed E-state index contributed by atoms with van der Waals surface area (Å²) in [5.74, 6) is 2.32. The number of nitrogens with one attached hydrogen (secondary N) is 2. The summed E-state index contributed by atoms with van der Waals surface area (Å²) < 4.78 is 7.16. The fraction of sp³-hybridized carbons (Fsp3) is 0.381. The standard InChI is InChI=1S/C21H27BN6O3/c1-6-16(12-31-11-14(2)24-5)7-18(15(3)30)26-20-8-19(22(4)13-23)28-21(27-20)17(10-29)9-25-28/h6-10,14,24H,11-12H2,1-5H3,(H,26,27)/b16-6+,18-7+. The molecule has 0 aliphatic carbocycles. The van der Waals surface area contributed by atoms with Crippen LogP contribution < -0.4 is 16.2 Å². The first-order valence-corrected chi connectivity index (χ1v) is 9.97. The number of hydrogen-bond donors (Lipinski definition) is 2. The van der Waals surface area contributed by atoms with Crippen LogP contribution in [0.4, 0.5) is 5.82 Å². The molecule has 0 aliphatic rings. The number of nitriles is 1. The molecule has 0 bridgehead atoms. The monoisotopic (exact) mass is 422 g/mol. The van der Waals surface area contributed by atoms with Gasteiger partial charge in [-0.1, -0.05) is 12.9 Å². The molecule has 9 nitrogen and oxygen atoms in total. The topological polar surface area (TPSA) is 121 Å².